The Morgan fingerprint density at radius 3 is 2.15 bits per heavy atom. The van der Waals surface area contributed by atoms with E-state index in [1.807, 2.05) is 0 Å². The molecule has 0 aromatic carbocycles. The Bertz CT molecular complexity index is 627. The molecule has 0 rings (SSSR count). The molecule has 2 unspecified atom stereocenters. The van der Waals surface area contributed by atoms with Gasteiger partial charge in [-0.05, 0) is 12.8 Å². The van der Waals surface area contributed by atoms with Crippen molar-refractivity contribution in [1.29, 1.82) is 0 Å². The van der Waals surface area contributed by atoms with Gasteiger partial charge in [-0.3, -0.25) is 14.2 Å². The van der Waals surface area contributed by atoms with Gasteiger partial charge in [0.05, 0.1) is 18.4 Å². The lowest BCUT2D eigenvalue weighted by Crippen LogP contribution is -2.54. The average molecular weight is 418 g/mol. The maximum absolute atomic E-state index is 12.7. The maximum Gasteiger partial charge on any atom is 0.334 e. The number of nitrogens with one attached hydrogen (secondary N) is 2. The second-order valence-electron chi connectivity index (χ2n) is 5.57. The zero-order chi connectivity index (χ0) is 21.4. The molecule has 0 spiro atoms. The Kier molecular flexibility index (Phi) is 9.44. The van der Waals surface area contributed by atoms with Crippen LogP contribution in [0.4, 0.5) is 8.78 Å². The number of hydrogen-bond donors (Lipinski definition) is 6. The van der Waals surface area contributed by atoms with Crippen LogP contribution in [0.5, 0.6) is 0 Å². The highest BCUT2D eigenvalue weighted by Crippen LogP contribution is 2.33. The Balaban J connectivity index is 4.52. The number of carbonyl (C=O) groups excluding carboxylic acids is 3. The number of halogens is 2. The van der Waals surface area contributed by atoms with Crippen molar-refractivity contribution in [2.75, 3.05) is 12.7 Å². The van der Waals surface area contributed by atoms with E-state index in [0.717, 1.165) is 0 Å². The molecule has 0 aromatic rings. The zero-order valence-corrected chi connectivity index (χ0v) is 14.7. The van der Waals surface area contributed by atoms with E-state index in [4.69, 9.17) is 20.6 Å². The molecule has 2 atom stereocenters. The first kappa shape index (κ1) is 24.8. The van der Waals surface area contributed by atoms with Crippen LogP contribution in [-0.2, 0) is 23.7 Å². The fourth-order valence-corrected chi connectivity index (χ4v) is 2.26. The van der Waals surface area contributed by atoms with Gasteiger partial charge in [0.25, 0.3) is 6.43 Å². The van der Waals surface area contributed by atoms with Gasteiger partial charge < -0.3 is 41.2 Å². The molecule has 0 fully saturated rings. The minimum absolute atomic E-state index is 0.264. The quantitative estimate of drug-likeness (QED) is 0.137. The van der Waals surface area contributed by atoms with Crippen molar-refractivity contribution in [3.8, 4) is 0 Å². The molecule has 156 valence electrons. The smallest absolute Gasteiger partial charge is 0.334 e. The van der Waals surface area contributed by atoms with E-state index < -0.39 is 68.4 Å². The molecule has 0 saturated heterocycles. The number of rotatable bonds is 12. The van der Waals surface area contributed by atoms with Gasteiger partial charge in [-0.25, -0.2) is 13.6 Å². The summed E-state index contributed by atoms with van der Waals surface area (Å²) in [5, 5.41) is 23.4. The molecule has 0 heterocycles. The standard InChI is InChI=1S/C12H20F2N3O9P/c13-10(14)12(15,11(22)23)2-1-3-16-7(18)4-6(9(20)21)17-8(19)5-27(24,25)26/h6,10H,1-5,15H2,(H,16,18)(H,17,19)(H,20,21)(H,22,23)(H2,24,25,26)/p-1. The second-order valence-corrected chi connectivity index (χ2v) is 7.21. The molecule has 0 radical (unpaired) electrons. The summed E-state index contributed by atoms with van der Waals surface area (Å²) in [5.74, 6) is -6.10. The molecule has 27 heavy (non-hydrogen) atoms. The highest BCUT2D eigenvalue weighted by molar-refractivity contribution is 7.52. The lowest BCUT2D eigenvalue weighted by atomic mass is 9.95. The van der Waals surface area contributed by atoms with Gasteiger partial charge in [0.2, 0.25) is 11.8 Å². The van der Waals surface area contributed by atoms with Gasteiger partial charge in [-0.15, -0.1) is 0 Å². The number of aliphatic carboxylic acids is 2. The summed E-state index contributed by atoms with van der Waals surface area (Å²) in [6.45, 7) is -0.312. The summed E-state index contributed by atoms with van der Waals surface area (Å²) >= 11 is 0. The first-order valence-electron chi connectivity index (χ1n) is 7.31. The van der Waals surface area contributed by atoms with Gasteiger partial charge in [0, 0.05) is 6.54 Å². The van der Waals surface area contributed by atoms with Crippen LogP contribution in [0.3, 0.4) is 0 Å². The molecule has 12 nitrogen and oxygen atoms in total. The van der Waals surface area contributed by atoms with Gasteiger partial charge in [-0.1, -0.05) is 0 Å². The molecule has 2 amide bonds. The topological polar surface area (TPSA) is 219 Å². The number of carboxylic acids is 2. The van der Waals surface area contributed by atoms with Crippen LogP contribution in [0.1, 0.15) is 19.3 Å². The summed E-state index contributed by atoms with van der Waals surface area (Å²) in [7, 11) is -4.74. The van der Waals surface area contributed by atoms with Crippen LogP contribution in [-0.4, -0.2) is 69.4 Å². The molecule has 0 saturated carbocycles. The fraction of sp³-hybridized carbons (Fsp3) is 0.667. The van der Waals surface area contributed by atoms with E-state index in [9.17, 15) is 37.6 Å². The van der Waals surface area contributed by atoms with Gasteiger partial charge in [-0.2, -0.15) is 0 Å². The third-order valence-electron chi connectivity index (χ3n) is 3.24. The van der Waals surface area contributed by atoms with Crippen molar-refractivity contribution in [3.63, 3.8) is 0 Å². The molecule has 15 heteroatoms. The normalized spacial score (nSPS) is 14.9. The predicted molar refractivity (Wildman–Crippen MR) is 81.3 cm³/mol. The maximum atomic E-state index is 12.7. The van der Waals surface area contributed by atoms with Crippen molar-refractivity contribution in [1.82, 2.24) is 10.6 Å². The van der Waals surface area contributed by atoms with E-state index in [-0.39, 0.29) is 13.0 Å². The molecule has 7 N–H and O–H groups in total. The number of nitrogens with two attached hydrogens (primary N) is 1. The lowest BCUT2D eigenvalue weighted by Gasteiger charge is -2.23. The Morgan fingerprint density at radius 1 is 1.19 bits per heavy atom. The molecular weight excluding hydrogens is 399 g/mol. The predicted octanol–water partition coefficient (Wildman–Crippen LogP) is -3.27. The van der Waals surface area contributed by atoms with Crippen LogP contribution >= 0.6 is 7.60 Å². The number of alkyl halides is 2. The van der Waals surface area contributed by atoms with Gasteiger partial charge in [0.15, 0.2) is 5.54 Å². The third-order valence-corrected chi connectivity index (χ3v) is 3.93. The first-order valence-corrected chi connectivity index (χ1v) is 9.10. The molecular formula is C12H19F2N3O9P-. The SMILES string of the molecule is NC(CCCNC(=O)CC(NC(=O)CP(=O)(O)O)C(=O)[O-])(C(=O)O)C(F)F. The van der Waals surface area contributed by atoms with E-state index in [2.05, 4.69) is 5.32 Å². The van der Waals surface area contributed by atoms with Crippen molar-refractivity contribution in [2.24, 2.45) is 5.73 Å². The zero-order valence-electron chi connectivity index (χ0n) is 13.8. The van der Waals surface area contributed by atoms with Gasteiger partial charge in [0.1, 0.15) is 6.16 Å². The summed E-state index contributed by atoms with van der Waals surface area (Å²) in [4.78, 5) is 61.8. The van der Waals surface area contributed by atoms with Crippen LogP contribution < -0.4 is 21.5 Å². The van der Waals surface area contributed by atoms with E-state index >= 15 is 0 Å². The van der Waals surface area contributed by atoms with Crippen LogP contribution in [0.2, 0.25) is 0 Å². The van der Waals surface area contributed by atoms with E-state index in [0.29, 0.717) is 0 Å². The molecule has 0 aliphatic carbocycles. The minimum atomic E-state index is -4.74. The van der Waals surface area contributed by atoms with Crippen LogP contribution in [0, 0.1) is 0 Å². The highest BCUT2D eigenvalue weighted by atomic mass is 31.2. The fourth-order valence-electron chi connectivity index (χ4n) is 1.80. The van der Waals surface area contributed by atoms with Crippen molar-refractivity contribution in [3.05, 3.63) is 0 Å². The molecule has 0 aromatic heterocycles. The minimum Gasteiger partial charge on any atom is -0.548 e. The third kappa shape index (κ3) is 9.38. The van der Waals surface area contributed by atoms with E-state index in [1.54, 1.807) is 5.32 Å². The molecule has 0 bridgehead atoms. The first-order chi connectivity index (χ1) is 12.2. The number of hydrogen-bond acceptors (Lipinski definition) is 7. The van der Waals surface area contributed by atoms with Crippen molar-refractivity contribution >= 4 is 31.3 Å². The van der Waals surface area contributed by atoms with Crippen molar-refractivity contribution in [2.45, 2.75) is 37.3 Å². The van der Waals surface area contributed by atoms with E-state index in [1.165, 1.54) is 0 Å². The summed E-state index contributed by atoms with van der Waals surface area (Å²) in [6, 6.07) is -1.89. The highest BCUT2D eigenvalue weighted by Gasteiger charge is 2.43. The molecule has 0 aliphatic heterocycles. The van der Waals surface area contributed by atoms with Gasteiger partial charge >= 0.3 is 13.6 Å². The number of carboxylic acid groups (broad SMARTS) is 2. The van der Waals surface area contributed by atoms with Crippen LogP contribution in [0.15, 0.2) is 0 Å². The monoisotopic (exact) mass is 418 g/mol. The average Bonchev–Trinajstić information content (AvgIpc) is 2.48. The Labute approximate surface area is 151 Å². The lowest BCUT2D eigenvalue weighted by molar-refractivity contribution is -0.308. The summed E-state index contributed by atoms with van der Waals surface area (Å²) in [6.07, 6.45) is -6.45. The molecule has 0 aliphatic rings. The summed E-state index contributed by atoms with van der Waals surface area (Å²) < 4.78 is 36.0. The largest absolute Gasteiger partial charge is 0.548 e. The summed E-state index contributed by atoms with van der Waals surface area (Å²) in [5.41, 5.74) is 2.27. The number of amides is 2. The van der Waals surface area contributed by atoms with Crippen LogP contribution in [0.25, 0.3) is 0 Å². The Hall–Kier alpha value is -2.15. The Morgan fingerprint density at radius 2 is 1.74 bits per heavy atom. The van der Waals surface area contributed by atoms with Crippen molar-refractivity contribution < 1.29 is 52.5 Å². The number of carbonyl (C=O) groups is 4. The second kappa shape index (κ2) is 10.3.